The van der Waals surface area contributed by atoms with Gasteiger partial charge in [0.2, 0.25) is 0 Å². The summed E-state index contributed by atoms with van der Waals surface area (Å²) in [5.74, 6) is 0. The highest BCUT2D eigenvalue weighted by Gasteiger charge is 2.31. The van der Waals surface area contributed by atoms with Crippen LogP contribution in [0.3, 0.4) is 0 Å². The number of nitrogens with zero attached hydrogens (tertiary/aromatic N) is 3. The monoisotopic (exact) mass is 246 g/mol. The smallest absolute Gasteiger partial charge is 0.0538 e. The first-order chi connectivity index (χ1) is 8.85. The van der Waals surface area contributed by atoms with Gasteiger partial charge in [0.1, 0.15) is 0 Å². The van der Waals surface area contributed by atoms with Crippen LogP contribution in [0.1, 0.15) is 31.2 Å². The van der Waals surface area contributed by atoms with E-state index in [4.69, 9.17) is 0 Å². The Morgan fingerprint density at radius 2 is 2.11 bits per heavy atom. The number of hydrogen-bond donors (Lipinski definition) is 1. The average Bonchev–Trinajstić information content (AvgIpc) is 3.16. The SMILES string of the molecule is C=Cn1cc(CNC2CCN(C3CC3)CC2)cn1. The van der Waals surface area contributed by atoms with E-state index in [9.17, 15) is 0 Å². The van der Waals surface area contributed by atoms with Gasteiger partial charge in [-0.1, -0.05) is 6.58 Å². The second-order valence-electron chi connectivity index (χ2n) is 5.43. The molecule has 0 spiro atoms. The highest BCUT2D eigenvalue weighted by Crippen LogP contribution is 2.29. The Bertz CT molecular complexity index is 400. The van der Waals surface area contributed by atoms with Gasteiger partial charge in [-0.3, -0.25) is 0 Å². The number of likely N-dealkylation sites (tertiary alicyclic amines) is 1. The molecule has 1 saturated carbocycles. The largest absolute Gasteiger partial charge is 0.310 e. The van der Waals surface area contributed by atoms with E-state index in [0.717, 1.165) is 12.6 Å². The summed E-state index contributed by atoms with van der Waals surface area (Å²) in [6.45, 7) is 7.16. The molecule has 2 aliphatic rings. The second kappa shape index (κ2) is 5.24. The minimum Gasteiger partial charge on any atom is -0.310 e. The molecule has 0 radical (unpaired) electrons. The van der Waals surface area contributed by atoms with Gasteiger partial charge in [-0.15, -0.1) is 0 Å². The molecule has 0 amide bonds. The standard InChI is InChI=1S/C14H22N4/c1-2-18-11-12(10-16-18)9-15-13-5-7-17(8-6-13)14-3-4-14/h2,10-11,13-15H,1,3-9H2. The van der Waals surface area contributed by atoms with Crippen LogP contribution >= 0.6 is 0 Å². The number of aromatic nitrogens is 2. The molecule has 4 nitrogen and oxygen atoms in total. The van der Waals surface area contributed by atoms with Crippen LogP contribution in [-0.2, 0) is 6.54 Å². The number of nitrogens with one attached hydrogen (secondary N) is 1. The molecule has 2 heterocycles. The summed E-state index contributed by atoms with van der Waals surface area (Å²) in [6.07, 6.45) is 11.1. The van der Waals surface area contributed by atoms with Crippen molar-refractivity contribution in [3.05, 3.63) is 24.5 Å². The molecule has 18 heavy (non-hydrogen) atoms. The normalized spacial score (nSPS) is 22.2. The van der Waals surface area contributed by atoms with E-state index in [0.29, 0.717) is 6.04 Å². The molecule has 0 atom stereocenters. The van der Waals surface area contributed by atoms with Crippen molar-refractivity contribution in [2.75, 3.05) is 13.1 Å². The highest BCUT2D eigenvalue weighted by molar-refractivity contribution is 5.17. The Morgan fingerprint density at radius 3 is 2.72 bits per heavy atom. The molecule has 0 unspecified atom stereocenters. The lowest BCUT2D eigenvalue weighted by atomic mass is 10.0. The van der Waals surface area contributed by atoms with Crippen molar-refractivity contribution < 1.29 is 0 Å². The highest BCUT2D eigenvalue weighted by atomic mass is 15.2. The van der Waals surface area contributed by atoms with Gasteiger partial charge in [0.05, 0.1) is 6.20 Å². The maximum atomic E-state index is 4.19. The fourth-order valence-electron chi connectivity index (χ4n) is 2.74. The summed E-state index contributed by atoms with van der Waals surface area (Å²) in [4.78, 5) is 2.66. The van der Waals surface area contributed by atoms with Crippen molar-refractivity contribution in [2.45, 2.75) is 44.3 Å². The predicted octanol–water partition coefficient (Wildman–Crippen LogP) is 1.70. The predicted molar refractivity (Wildman–Crippen MR) is 73.1 cm³/mol. The van der Waals surface area contributed by atoms with E-state index >= 15 is 0 Å². The van der Waals surface area contributed by atoms with Gasteiger partial charge < -0.3 is 10.2 Å². The average molecular weight is 246 g/mol. The lowest BCUT2D eigenvalue weighted by molar-refractivity contribution is 0.189. The zero-order chi connectivity index (χ0) is 12.4. The van der Waals surface area contributed by atoms with E-state index < -0.39 is 0 Å². The van der Waals surface area contributed by atoms with E-state index in [-0.39, 0.29) is 0 Å². The summed E-state index contributed by atoms with van der Waals surface area (Å²) in [6, 6.07) is 1.60. The first kappa shape index (κ1) is 11.9. The molecule has 3 rings (SSSR count). The van der Waals surface area contributed by atoms with Crippen LogP contribution in [0.4, 0.5) is 0 Å². The van der Waals surface area contributed by atoms with E-state index in [1.807, 2.05) is 12.4 Å². The molecule has 4 heteroatoms. The molecule has 1 aromatic rings. The molecule has 1 aliphatic carbocycles. The molecular weight excluding hydrogens is 224 g/mol. The van der Waals surface area contributed by atoms with Crippen molar-refractivity contribution in [3.8, 4) is 0 Å². The van der Waals surface area contributed by atoms with Gasteiger partial charge in [0.15, 0.2) is 0 Å². The van der Waals surface area contributed by atoms with Crippen molar-refractivity contribution in [1.29, 1.82) is 0 Å². The molecule has 0 aromatic carbocycles. The zero-order valence-electron chi connectivity index (χ0n) is 10.9. The Kier molecular flexibility index (Phi) is 3.48. The molecule has 1 aliphatic heterocycles. The Balaban J connectivity index is 1.42. The quantitative estimate of drug-likeness (QED) is 0.858. The molecule has 1 N–H and O–H groups in total. The molecule has 0 bridgehead atoms. The van der Waals surface area contributed by atoms with Crippen molar-refractivity contribution in [2.24, 2.45) is 0 Å². The fraction of sp³-hybridized carbons (Fsp3) is 0.643. The van der Waals surface area contributed by atoms with E-state index in [1.165, 1.54) is 44.3 Å². The van der Waals surface area contributed by atoms with Crippen LogP contribution in [0.15, 0.2) is 19.0 Å². The van der Waals surface area contributed by atoms with Gasteiger partial charge in [0.25, 0.3) is 0 Å². The minimum atomic E-state index is 0.673. The summed E-state index contributed by atoms with van der Waals surface area (Å²) in [7, 11) is 0. The topological polar surface area (TPSA) is 33.1 Å². The first-order valence-corrected chi connectivity index (χ1v) is 6.98. The molecule has 1 aromatic heterocycles. The van der Waals surface area contributed by atoms with Crippen LogP contribution in [0, 0.1) is 0 Å². The van der Waals surface area contributed by atoms with Gasteiger partial charge >= 0.3 is 0 Å². The zero-order valence-corrected chi connectivity index (χ0v) is 10.9. The molecule has 98 valence electrons. The Morgan fingerprint density at radius 1 is 1.33 bits per heavy atom. The van der Waals surface area contributed by atoms with Gasteiger partial charge in [0, 0.05) is 36.6 Å². The summed E-state index contributed by atoms with van der Waals surface area (Å²) >= 11 is 0. The van der Waals surface area contributed by atoms with Crippen LogP contribution in [-0.4, -0.2) is 39.9 Å². The summed E-state index contributed by atoms with van der Waals surface area (Å²) < 4.78 is 1.76. The third-order valence-electron chi connectivity index (χ3n) is 4.03. The number of hydrogen-bond acceptors (Lipinski definition) is 3. The van der Waals surface area contributed by atoms with E-state index in [2.05, 4.69) is 21.9 Å². The first-order valence-electron chi connectivity index (χ1n) is 6.98. The minimum absolute atomic E-state index is 0.673. The molecule has 2 fully saturated rings. The van der Waals surface area contributed by atoms with Gasteiger partial charge in [-0.25, -0.2) is 4.68 Å². The van der Waals surface area contributed by atoms with Crippen molar-refractivity contribution in [1.82, 2.24) is 20.0 Å². The Hall–Kier alpha value is -1.13. The third-order valence-corrected chi connectivity index (χ3v) is 4.03. The fourth-order valence-corrected chi connectivity index (χ4v) is 2.74. The van der Waals surface area contributed by atoms with Crippen molar-refractivity contribution >= 4 is 6.20 Å². The van der Waals surface area contributed by atoms with Crippen LogP contribution in [0.2, 0.25) is 0 Å². The van der Waals surface area contributed by atoms with Crippen LogP contribution in [0.25, 0.3) is 6.20 Å². The second-order valence-corrected chi connectivity index (χ2v) is 5.43. The molecular formula is C14H22N4. The van der Waals surface area contributed by atoms with Crippen LogP contribution in [0.5, 0.6) is 0 Å². The van der Waals surface area contributed by atoms with Crippen LogP contribution < -0.4 is 5.32 Å². The maximum Gasteiger partial charge on any atom is 0.0538 e. The lowest BCUT2D eigenvalue weighted by Gasteiger charge is -2.32. The molecule has 1 saturated heterocycles. The Labute approximate surface area is 109 Å². The van der Waals surface area contributed by atoms with E-state index in [1.54, 1.807) is 10.9 Å². The number of rotatable bonds is 5. The lowest BCUT2D eigenvalue weighted by Crippen LogP contribution is -2.43. The van der Waals surface area contributed by atoms with Gasteiger partial charge in [-0.2, -0.15) is 5.10 Å². The van der Waals surface area contributed by atoms with Gasteiger partial charge in [-0.05, 0) is 38.8 Å². The summed E-state index contributed by atoms with van der Waals surface area (Å²) in [5.41, 5.74) is 1.24. The summed E-state index contributed by atoms with van der Waals surface area (Å²) in [5, 5.41) is 7.83. The maximum absolute atomic E-state index is 4.19. The van der Waals surface area contributed by atoms with Crippen molar-refractivity contribution in [3.63, 3.8) is 0 Å². The number of piperidine rings is 1. The third kappa shape index (κ3) is 2.82.